The van der Waals surface area contributed by atoms with Gasteiger partial charge in [-0.1, -0.05) is 11.6 Å². The summed E-state index contributed by atoms with van der Waals surface area (Å²) in [5, 5.41) is 21.4. The van der Waals surface area contributed by atoms with Crippen LogP contribution in [0.1, 0.15) is 5.01 Å². The van der Waals surface area contributed by atoms with Gasteiger partial charge >= 0.3 is 0 Å². The molecule has 6 nitrogen and oxygen atoms in total. The van der Waals surface area contributed by atoms with E-state index in [-0.39, 0.29) is 23.2 Å². The molecule has 154 valence electrons. The lowest BCUT2D eigenvalue weighted by Crippen LogP contribution is -2.26. The fourth-order valence-electron chi connectivity index (χ4n) is 3.19. The van der Waals surface area contributed by atoms with Gasteiger partial charge in [-0.15, -0.1) is 11.3 Å². The number of benzene rings is 2. The molecule has 0 saturated heterocycles. The van der Waals surface area contributed by atoms with Crippen LogP contribution in [0.3, 0.4) is 0 Å². The maximum absolute atomic E-state index is 13.5. The summed E-state index contributed by atoms with van der Waals surface area (Å²) in [5.41, 5.74) is 2.37. The summed E-state index contributed by atoms with van der Waals surface area (Å²) >= 11 is 7.19. The highest BCUT2D eigenvalue weighted by Gasteiger charge is 2.31. The van der Waals surface area contributed by atoms with Gasteiger partial charge in [0.25, 0.3) is 0 Å². The Balaban J connectivity index is 1.64. The third kappa shape index (κ3) is 3.48. The second-order valence-corrected chi connectivity index (χ2v) is 7.73. The SMILES string of the molecule is COc1ccc(-c2csc(C3=C(O)CN(c4ccc(F)c(Cl)c4)C3=N)n2)cc1OC. The van der Waals surface area contributed by atoms with E-state index in [1.54, 1.807) is 25.2 Å². The van der Waals surface area contributed by atoms with Gasteiger partial charge in [0.15, 0.2) is 11.5 Å². The number of hydrogen-bond acceptors (Lipinski definition) is 6. The van der Waals surface area contributed by atoms with Gasteiger partial charge in [-0.05, 0) is 36.4 Å². The molecule has 0 bridgehead atoms. The van der Waals surface area contributed by atoms with Crippen molar-refractivity contribution in [1.82, 2.24) is 4.98 Å². The molecule has 2 N–H and O–H groups in total. The van der Waals surface area contributed by atoms with Crippen molar-refractivity contribution < 1.29 is 19.0 Å². The standard InChI is InChI=1S/C21H17ClFN3O3S/c1-28-17-6-3-11(7-18(17)29-2)15-10-30-21(25-15)19-16(27)9-26(20(19)24)12-4-5-14(23)13(22)8-12/h3-8,10,24,27H,9H2,1-2H3. The Hall–Kier alpha value is -3.10. The Morgan fingerprint density at radius 2 is 1.93 bits per heavy atom. The van der Waals surface area contributed by atoms with Crippen molar-refractivity contribution in [3.8, 4) is 22.8 Å². The minimum Gasteiger partial charge on any atom is -0.510 e. The number of amidine groups is 1. The highest BCUT2D eigenvalue weighted by Crippen LogP contribution is 2.37. The maximum atomic E-state index is 13.5. The van der Waals surface area contributed by atoms with Crippen LogP contribution in [-0.2, 0) is 0 Å². The lowest BCUT2D eigenvalue weighted by Gasteiger charge is -2.18. The van der Waals surface area contributed by atoms with E-state index < -0.39 is 5.82 Å². The van der Waals surface area contributed by atoms with Crippen molar-refractivity contribution >= 4 is 40.0 Å². The van der Waals surface area contributed by atoms with Crippen LogP contribution in [0.2, 0.25) is 5.02 Å². The molecule has 1 aliphatic heterocycles. The number of aliphatic hydroxyl groups is 1. The van der Waals surface area contributed by atoms with Crippen LogP contribution >= 0.6 is 22.9 Å². The van der Waals surface area contributed by atoms with Crippen molar-refractivity contribution in [2.45, 2.75) is 0 Å². The van der Waals surface area contributed by atoms with E-state index in [1.165, 1.54) is 29.5 Å². The number of nitrogens with one attached hydrogen (secondary N) is 1. The molecule has 0 amide bonds. The summed E-state index contributed by atoms with van der Waals surface area (Å²) in [4.78, 5) is 6.15. The van der Waals surface area contributed by atoms with Gasteiger partial charge in [0, 0.05) is 16.6 Å². The van der Waals surface area contributed by atoms with E-state index in [4.69, 9.17) is 26.5 Å². The number of aliphatic hydroxyl groups excluding tert-OH is 1. The van der Waals surface area contributed by atoms with Crippen LogP contribution in [0.5, 0.6) is 11.5 Å². The normalized spacial score (nSPS) is 13.9. The molecule has 0 saturated carbocycles. The molecule has 0 fully saturated rings. The molecule has 2 aromatic carbocycles. The van der Waals surface area contributed by atoms with Crippen LogP contribution in [-0.4, -0.2) is 36.7 Å². The fraction of sp³-hybridized carbons (Fsp3) is 0.143. The summed E-state index contributed by atoms with van der Waals surface area (Å²) < 4.78 is 24.1. The van der Waals surface area contributed by atoms with Gasteiger partial charge in [0.05, 0.1) is 37.1 Å². The van der Waals surface area contributed by atoms with Crippen LogP contribution in [0, 0.1) is 11.2 Å². The lowest BCUT2D eigenvalue weighted by atomic mass is 10.1. The van der Waals surface area contributed by atoms with E-state index in [2.05, 4.69) is 4.98 Å². The third-order valence-electron chi connectivity index (χ3n) is 4.72. The number of thiazole rings is 1. The van der Waals surface area contributed by atoms with Crippen molar-refractivity contribution in [1.29, 1.82) is 5.41 Å². The van der Waals surface area contributed by atoms with Gasteiger partial charge in [0.2, 0.25) is 0 Å². The molecule has 0 atom stereocenters. The number of aromatic nitrogens is 1. The first-order valence-electron chi connectivity index (χ1n) is 8.85. The summed E-state index contributed by atoms with van der Waals surface area (Å²) in [6, 6.07) is 9.65. The number of halogens is 2. The molecule has 0 unspecified atom stereocenters. The Bertz CT molecular complexity index is 1180. The van der Waals surface area contributed by atoms with E-state index in [0.717, 1.165) is 5.56 Å². The Kier molecular flexibility index (Phi) is 5.36. The second kappa shape index (κ2) is 7.97. The number of nitrogens with zero attached hydrogens (tertiary/aromatic N) is 2. The van der Waals surface area contributed by atoms with Crippen LogP contribution in [0.4, 0.5) is 10.1 Å². The molecular formula is C21H17ClFN3O3S. The molecule has 1 aromatic heterocycles. The largest absolute Gasteiger partial charge is 0.510 e. The zero-order chi connectivity index (χ0) is 21.4. The monoisotopic (exact) mass is 445 g/mol. The number of ether oxygens (including phenoxy) is 2. The molecule has 9 heteroatoms. The lowest BCUT2D eigenvalue weighted by molar-refractivity contribution is 0.355. The van der Waals surface area contributed by atoms with E-state index in [9.17, 15) is 9.50 Å². The summed E-state index contributed by atoms with van der Waals surface area (Å²) in [6.45, 7) is 0.0847. The predicted octanol–water partition coefficient (Wildman–Crippen LogP) is 5.39. The Labute approximate surface area is 181 Å². The average molecular weight is 446 g/mol. The Morgan fingerprint density at radius 3 is 2.63 bits per heavy atom. The molecule has 0 aliphatic carbocycles. The Morgan fingerprint density at radius 1 is 1.17 bits per heavy atom. The molecule has 0 spiro atoms. The smallest absolute Gasteiger partial charge is 0.161 e. The molecule has 3 aromatic rings. The van der Waals surface area contributed by atoms with Gasteiger partial charge in [-0.3, -0.25) is 5.41 Å². The molecule has 0 radical (unpaired) electrons. The zero-order valence-corrected chi connectivity index (χ0v) is 17.6. The topological polar surface area (TPSA) is 78.7 Å². The highest BCUT2D eigenvalue weighted by molar-refractivity contribution is 7.11. The van der Waals surface area contributed by atoms with Crippen molar-refractivity contribution in [3.05, 3.63) is 63.4 Å². The zero-order valence-electron chi connectivity index (χ0n) is 16.1. The minimum atomic E-state index is -0.539. The molecule has 1 aliphatic rings. The fourth-order valence-corrected chi connectivity index (χ4v) is 4.26. The molecule has 30 heavy (non-hydrogen) atoms. The summed E-state index contributed by atoms with van der Waals surface area (Å²) in [5.74, 6) is 0.753. The van der Waals surface area contributed by atoms with E-state index >= 15 is 0 Å². The number of anilines is 1. The molecular weight excluding hydrogens is 429 g/mol. The van der Waals surface area contributed by atoms with Crippen molar-refractivity contribution in [2.75, 3.05) is 25.7 Å². The highest BCUT2D eigenvalue weighted by atomic mass is 35.5. The van der Waals surface area contributed by atoms with Crippen molar-refractivity contribution in [2.24, 2.45) is 0 Å². The maximum Gasteiger partial charge on any atom is 0.161 e. The number of methoxy groups -OCH3 is 2. The summed E-state index contributed by atoms with van der Waals surface area (Å²) in [6.07, 6.45) is 0. The van der Waals surface area contributed by atoms with Crippen LogP contribution < -0.4 is 14.4 Å². The quantitative estimate of drug-likeness (QED) is 0.550. The molecule has 4 rings (SSSR count). The van der Waals surface area contributed by atoms with E-state index in [1.807, 2.05) is 17.5 Å². The van der Waals surface area contributed by atoms with Gasteiger partial charge < -0.3 is 19.5 Å². The first-order chi connectivity index (χ1) is 14.4. The van der Waals surface area contributed by atoms with Gasteiger partial charge in [-0.2, -0.15) is 0 Å². The number of hydrogen-bond donors (Lipinski definition) is 2. The van der Waals surface area contributed by atoms with Gasteiger partial charge in [-0.25, -0.2) is 9.37 Å². The first kappa shape index (κ1) is 20.2. The average Bonchev–Trinajstić information content (AvgIpc) is 3.33. The second-order valence-electron chi connectivity index (χ2n) is 6.46. The minimum absolute atomic E-state index is 0.0219. The van der Waals surface area contributed by atoms with Crippen molar-refractivity contribution in [3.63, 3.8) is 0 Å². The third-order valence-corrected chi connectivity index (χ3v) is 5.86. The van der Waals surface area contributed by atoms with Gasteiger partial charge in [0.1, 0.15) is 22.4 Å². The predicted molar refractivity (Wildman–Crippen MR) is 117 cm³/mol. The molecule has 2 heterocycles. The summed E-state index contributed by atoms with van der Waals surface area (Å²) in [7, 11) is 3.13. The van der Waals surface area contributed by atoms with E-state index in [0.29, 0.717) is 33.5 Å². The number of rotatable bonds is 5. The first-order valence-corrected chi connectivity index (χ1v) is 10.1. The van der Waals surface area contributed by atoms with Crippen LogP contribution in [0.25, 0.3) is 16.8 Å². The van der Waals surface area contributed by atoms with Crippen LogP contribution in [0.15, 0.2) is 47.5 Å².